The Labute approximate surface area is 85.4 Å². The molecule has 0 amide bonds. The molecule has 3 heteroatoms. The van der Waals surface area contributed by atoms with Crippen LogP contribution in [0, 0.1) is 0 Å². The number of fused-ring (bicyclic) bond motifs is 1. The zero-order chi connectivity index (χ0) is 10.2. The van der Waals surface area contributed by atoms with Crippen LogP contribution in [0.3, 0.4) is 0 Å². The molecule has 14 heavy (non-hydrogen) atoms. The van der Waals surface area contributed by atoms with Gasteiger partial charge in [-0.15, -0.1) is 0 Å². The second-order valence-electron chi connectivity index (χ2n) is 4.74. The van der Waals surface area contributed by atoms with Crippen molar-refractivity contribution in [1.82, 2.24) is 4.90 Å². The van der Waals surface area contributed by atoms with E-state index >= 15 is 0 Å². The third kappa shape index (κ3) is 1.57. The highest BCUT2D eigenvalue weighted by Gasteiger charge is 2.51. The van der Waals surface area contributed by atoms with Crippen molar-refractivity contribution < 1.29 is 9.13 Å². The zero-order valence-corrected chi connectivity index (χ0v) is 9.13. The Morgan fingerprint density at radius 1 is 1.43 bits per heavy atom. The molecule has 82 valence electrons. The number of halogens is 1. The molecule has 0 bridgehead atoms. The van der Waals surface area contributed by atoms with Crippen LogP contribution in [0.1, 0.15) is 32.6 Å². The average Bonchev–Trinajstić information content (AvgIpc) is 2.57. The SMILES string of the molecule is CCC[C@@]12C[C@@H](F)CN1C[C@H](OC)C2. The van der Waals surface area contributed by atoms with Gasteiger partial charge in [-0.3, -0.25) is 4.90 Å². The lowest BCUT2D eigenvalue weighted by Gasteiger charge is -2.30. The van der Waals surface area contributed by atoms with Crippen LogP contribution >= 0.6 is 0 Å². The molecule has 2 rings (SSSR count). The van der Waals surface area contributed by atoms with Crippen LogP contribution in [0.2, 0.25) is 0 Å². The first-order valence-electron chi connectivity index (χ1n) is 5.62. The normalized spacial score (nSPS) is 43.1. The van der Waals surface area contributed by atoms with E-state index in [0.29, 0.717) is 12.6 Å². The maximum atomic E-state index is 13.4. The molecule has 2 saturated heterocycles. The first kappa shape index (κ1) is 10.4. The van der Waals surface area contributed by atoms with Crippen molar-refractivity contribution in [1.29, 1.82) is 0 Å². The fourth-order valence-electron chi connectivity index (χ4n) is 3.24. The van der Waals surface area contributed by atoms with Gasteiger partial charge in [-0.05, 0) is 19.3 Å². The molecule has 0 saturated carbocycles. The van der Waals surface area contributed by atoms with Gasteiger partial charge in [0.2, 0.25) is 0 Å². The van der Waals surface area contributed by atoms with Gasteiger partial charge in [0.15, 0.2) is 0 Å². The number of hydrogen-bond donors (Lipinski definition) is 0. The van der Waals surface area contributed by atoms with Gasteiger partial charge in [0.25, 0.3) is 0 Å². The fraction of sp³-hybridized carbons (Fsp3) is 1.00. The summed E-state index contributed by atoms with van der Waals surface area (Å²) in [4.78, 5) is 2.31. The molecule has 0 N–H and O–H groups in total. The maximum absolute atomic E-state index is 13.4. The fourth-order valence-corrected chi connectivity index (χ4v) is 3.24. The third-order valence-electron chi connectivity index (χ3n) is 3.77. The highest BCUT2D eigenvalue weighted by molar-refractivity contribution is 5.06. The molecule has 0 spiro atoms. The van der Waals surface area contributed by atoms with Crippen molar-refractivity contribution in [3.63, 3.8) is 0 Å². The molecular formula is C11H20FNO. The van der Waals surface area contributed by atoms with Gasteiger partial charge in [0.05, 0.1) is 6.10 Å². The number of nitrogens with zero attached hydrogens (tertiary/aromatic N) is 1. The van der Waals surface area contributed by atoms with Crippen molar-refractivity contribution in [2.75, 3.05) is 20.2 Å². The molecule has 0 aromatic carbocycles. The van der Waals surface area contributed by atoms with E-state index in [4.69, 9.17) is 4.74 Å². The van der Waals surface area contributed by atoms with E-state index in [1.54, 1.807) is 7.11 Å². The summed E-state index contributed by atoms with van der Waals surface area (Å²) < 4.78 is 18.8. The Hall–Kier alpha value is -0.150. The van der Waals surface area contributed by atoms with Crippen molar-refractivity contribution in [2.45, 2.75) is 50.4 Å². The first-order chi connectivity index (χ1) is 6.70. The summed E-state index contributed by atoms with van der Waals surface area (Å²) in [6.07, 6.45) is 3.72. The molecule has 2 aliphatic rings. The molecule has 2 fully saturated rings. The van der Waals surface area contributed by atoms with Gasteiger partial charge >= 0.3 is 0 Å². The van der Waals surface area contributed by atoms with Crippen molar-refractivity contribution >= 4 is 0 Å². The maximum Gasteiger partial charge on any atom is 0.115 e. The van der Waals surface area contributed by atoms with E-state index in [0.717, 1.165) is 32.2 Å². The quantitative estimate of drug-likeness (QED) is 0.692. The van der Waals surface area contributed by atoms with E-state index in [1.165, 1.54) is 0 Å². The monoisotopic (exact) mass is 201 g/mol. The number of ether oxygens (including phenoxy) is 1. The Bertz CT molecular complexity index is 211. The highest BCUT2D eigenvalue weighted by atomic mass is 19.1. The number of alkyl halides is 1. The number of methoxy groups -OCH3 is 1. The molecule has 2 heterocycles. The molecular weight excluding hydrogens is 181 g/mol. The van der Waals surface area contributed by atoms with E-state index in [1.807, 2.05) is 0 Å². The first-order valence-corrected chi connectivity index (χ1v) is 5.62. The van der Waals surface area contributed by atoms with E-state index in [9.17, 15) is 4.39 Å². The lowest BCUT2D eigenvalue weighted by Crippen LogP contribution is -2.37. The van der Waals surface area contributed by atoms with Crippen LogP contribution in [-0.2, 0) is 4.74 Å². The topological polar surface area (TPSA) is 12.5 Å². The molecule has 2 nitrogen and oxygen atoms in total. The van der Waals surface area contributed by atoms with Crippen molar-refractivity contribution in [2.24, 2.45) is 0 Å². The summed E-state index contributed by atoms with van der Waals surface area (Å²) in [6.45, 7) is 3.73. The minimum Gasteiger partial charge on any atom is -0.380 e. The van der Waals surface area contributed by atoms with Crippen molar-refractivity contribution in [3.8, 4) is 0 Å². The third-order valence-corrected chi connectivity index (χ3v) is 3.77. The second-order valence-corrected chi connectivity index (χ2v) is 4.74. The van der Waals surface area contributed by atoms with Crippen LogP contribution in [0.5, 0.6) is 0 Å². The van der Waals surface area contributed by atoms with E-state index in [-0.39, 0.29) is 5.54 Å². The molecule has 0 aromatic rings. The number of rotatable bonds is 3. The Balaban J connectivity index is 2.09. The zero-order valence-electron chi connectivity index (χ0n) is 9.13. The van der Waals surface area contributed by atoms with E-state index < -0.39 is 6.17 Å². The molecule has 0 unspecified atom stereocenters. The highest BCUT2D eigenvalue weighted by Crippen LogP contribution is 2.43. The molecule has 3 atom stereocenters. The van der Waals surface area contributed by atoms with Crippen LogP contribution < -0.4 is 0 Å². The summed E-state index contributed by atoms with van der Waals surface area (Å²) in [5.74, 6) is 0. The summed E-state index contributed by atoms with van der Waals surface area (Å²) in [5.41, 5.74) is 0.134. The minimum atomic E-state index is -0.612. The summed E-state index contributed by atoms with van der Waals surface area (Å²) >= 11 is 0. The molecule has 2 aliphatic heterocycles. The van der Waals surface area contributed by atoms with Crippen LogP contribution in [0.4, 0.5) is 4.39 Å². The Morgan fingerprint density at radius 2 is 2.21 bits per heavy atom. The van der Waals surface area contributed by atoms with Crippen LogP contribution in [-0.4, -0.2) is 42.9 Å². The standard InChI is InChI=1S/C11H20FNO/c1-3-4-11-5-9(12)7-13(11)8-10(6-11)14-2/h9-10H,3-8H2,1-2H3/t9-,10-,11+/m1/s1. The predicted octanol–water partition coefficient (Wildman–Crippen LogP) is 1.99. The van der Waals surface area contributed by atoms with Gasteiger partial charge in [-0.1, -0.05) is 13.3 Å². The lowest BCUT2D eigenvalue weighted by atomic mass is 9.88. The summed E-state index contributed by atoms with van der Waals surface area (Å²) in [5, 5.41) is 0. The Morgan fingerprint density at radius 3 is 2.86 bits per heavy atom. The average molecular weight is 201 g/mol. The van der Waals surface area contributed by atoms with Crippen molar-refractivity contribution in [3.05, 3.63) is 0 Å². The number of hydrogen-bond acceptors (Lipinski definition) is 2. The predicted molar refractivity (Wildman–Crippen MR) is 54.1 cm³/mol. The summed E-state index contributed by atoms with van der Waals surface area (Å²) in [6, 6.07) is 0. The second kappa shape index (κ2) is 3.78. The molecule has 0 radical (unpaired) electrons. The smallest absolute Gasteiger partial charge is 0.115 e. The Kier molecular flexibility index (Phi) is 2.80. The van der Waals surface area contributed by atoms with E-state index in [2.05, 4.69) is 11.8 Å². The minimum absolute atomic E-state index is 0.134. The largest absolute Gasteiger partial charge is 0.380 e. The van der Waals surface area contributed by atoms with Gasteiger partial charge in [-0.25, -0.2) is 4.39 Å². The van der Waals surface area contributed by atoms with Gasteiger partial charge in [0, 0.05) is 25.7 Å². The van der Waals surface area contributed by atoms with Gasteiger partial charge < -0.3 is 4.74 Å². The summed E-state index contributed by atoms with van der Waals surface area (Å²) in [7, 11) is 1.76. The lowest BCUT2D eigenvalue weighted by molar-refractivity contribution is 0.104. The van der Waals surface area contributed by atoms with Crippen LogP contribution in [0.25, 0.3) is 0 Å². The van der Waals surface area contributed by atoms with Gasteiger partial charge in [-0.2, -0.15) is 0 Å². The molecule has 0 aliphatic carbocycles. The molecule has 0 aromatic heterocycles. The van der Waals surface area contributed by atoms with Crippen LogP contribution in [0.15, 0.2) is 0 Å². The van der Waals surface area contributed by atoms with Gasteiger partial charge in [0.1, 0.15) is 6.17 Å².